The molecule has 0 aliphatic rings. The minimum absolute atomic E-state index is 0.0449. The second kappa shape index (κ2) is 20.7. The van der Waals surface area contributed by atoms with Crippen LogP contribution in [0.1, 0.15) is 96.1 Å². The van der Waals surface area contributed by atoms with Crippen molar-refractivity contribution >= 4 is 42.0 Å². The van der Waals surface area contributed by atoms with Gasteiger partial charge in [0.05, 0.1) is 42.8 Å². The Bertz CT molecular complexity index is 1810. The molecule has 0 aliphatic heterocycles. The second-order valence-electron chi connectivity index (χ2n) is 12.2. The minimum atomic E-state index is -1.67. The van der Waals surface area contributed by atoms with Crippen LogP contribution in [0.2, 0.25) is 0 Å². The van der Waals surface area contributed by atoms with E-state index in [1.54, 1.807) is 45.0 Å². The minimum Gasteiger partial charge on any atom is -0.493 e. The van der Waals surface area contributed by atoms with Crippen molar-refractivity contribution in [2.75, 3.05) is 13.3 Å². The van der Waals surface area contributed by atoms with Crippen molar-refractivity contribution in [3.63, 3.8) is 0 Å². The number of unbranched alkanes of at least 4 members (excludes halogenated alkanes) is 2. The summed E-state index contributed by atoms with van der Waals surface area (Å²) >= 11 is 0. The van der Waals surface area contributed by atoms with Crippen LogP contribution in [-0.2, 0) is 24.0 Å². The number of nitrogens with one attached hydrogen (secondary N) is 3. The van der Waals surface area contributed by atoms with Crippen molar-refractivity contribution < 1.29 is 57.8 Å². The van der Waals surface area contributed by atoms with E-state index in [0.717, 1.165) is 17.9 Å². The molecule has 0 bridgehead atoms. The van der Waals surface area contributed by atoms with E-state index < -0.39 is 60.1 Å². The molecule has 0 aliphatic carbocycles. The van der Waals surface area contributed by atoms with Crippen LogP contribution in [0.3, 0.4) is 0 Å². The zero-order valence-corrected chi connectivity index (χ0v) is 30.6. The number of ether oxygens (including phenoxy) is 1. The highest BCUT2D eigenvalue weighted by Crippen LogP contribution is 2.29. The third kappa shape index (κ3) is 11.7. The summed E-state index contributed by atoms with van der Waals surface area (Å²) in [5.41, 5.74) is 1.32. The molecule has 1 heterocycles. The molecule has 0 saturated heterocycles. The molecule has 2 unspecified atom stereocenters. The van der Waals surface area contributed by atoms with Crippen LogP contribution in [-0.4, -0.2) is 82.7 Å². The normalized spacial score (nSPS) is 12.4. The van der Waals surface area contributed by atoms with Gasteiger partial charge >= 0.3 is 17.9 Å². The van der Waals surface area contributed by atoms with Gasteiger partial charge in [-0.05, 0) is 62.6 Å². The highest BCUT2D eigenvalue weighted by molar-refractivity contribution is 6.00. The van der Waals surface area contributed by atoms with Crippen molar-refractivity contribution in [2.45, 2.75) is 78.3 Å². The quantitative estimate of drug-likeness (QED) is 0.0418. The number of hydroxylamine groups is 2. The highest BCUT2D eigenvalue weighted by atomic mass is 16.7. The monoisotopic (exact) mass is 750 g/mol. The molecule has 290 valence electrons. The van der Waals surface area contributed by atoms with E-state index in [2.05, 4.69) is 16.0 Å². The van der Waals surface area contributed by atoms with Crippen LogP contribution in [0.5, 0.6) is 5.75 Å². The number of carboxylic acids is 2. The van der Waals surface area contributed by atoms with E-state index >= 15 is 0 Å². The molecule has 54 heavy (non-hydrogen) atoms. The lowest BCUT2D eigenvalue weighted by molar-refractivity contribution is -0.171. The Morgan fingerprint density at radius 3 is 2.28 bits per heavy atom. The van der Waals surface area contributed by atoms with Gasteiger partial charge in [0.15, 0.2) is 5.76 Å². The summed E-state index contributed by atoms with van der Waals surface area (Å²) in [6.07, 6.45) is 2.66. The Balaban J connectivity index is 1.69. The lowest BCUT2D eigenvalue weighted by Crippen LogP contribution is -2.49. The van der Waals surface area contributed by atoms with E-state index in [9.17, 15) is 38.7 Å². The predicted molar refractivity (Wildman–Crippen MR) is 193 cm³/mol. The average molecular weight is 751 g/mol. The molecule has 3 rings (SSSR count). The Hall–Kier alpha value is -6.19. The summed E-state index contributed by atoms with van der Waals surface area (Å²) in [6, 6.07) is 11.5. The standard InChI is InChI=1S/C38H46N4O12/c1-5-8-9-14-26(29(6-2)42(22-43)54-38(51)25-13-11-10-12-23(25)4)34(46)39-21-40-36(48)31-18-17-30(53-31)24-15-16-27(32(19-24)52-7-3)35(47)41-28(37(49)50)20-33(44)45/h10-13,15-19,22,26,28-29H,5-9,14,20-21H2,1-4H3,(H,39,46)(H,40,48)(H,41,47)(H,44,45)(H,49,50)/t26?,28?,29-/m1/s1. The number of nitrogens with zero attached hydrogens (tertiary/aromatic N) is 1. The van der Waals surface area contributed by atoms with Gasteiger partial charge in [-0.1, -0.05) is 57.4 Å². The van der Waals surface area contributed by atoms with Gasteiger partial charge in [-0.2, -0.15) is 5.06 Å². The third-order valence-corrected chi connectivity index (χ3v) is 8.46. The zero-order valence-electron chi connectivity index (χ0n) is 30.6. The number of rotatable bonds is 22. The third-order valence-electron chi connectivity index (χ3n) is 8.46. The molecular weight excluding hydrogens is 704 g/mol. The molecule has 0 spiro atoms. The molecule has 2 aromatic carbocycles. The first kappa shape index (κ1) is 42.2. The number of carbonyl (C=O) groups is 7. The lowest BCUT2D eigenvalue weighted by Gasteiger charge is -2.32. The summed E-state index contributed by atoms with van der Waals surface area (Å²) in [7, 11) is 0. The largest absolute Gasteiger partial charge is 0.493 e. The Morgan fingerprint density at radius 1 is 0.907 bits per heavy atom. The summed E-state index contributed by atoms with van der Waals surface area (Å²) < 4.78 is 11.3. The maximum absolute atomic E-state index is 13.5. The van der Waals surface area contributed by atoms with Gasteiger partial charge in [-0.3, -0.25) is 24.0 Å². The van der Waals surface area contributed by atoms with Gasteiger partial charge in [0, 0.05) is 5.56 Å². The number of amides is 4. The van der Waals surface area contributed by atoms with Crippen LogP contribution in [0.15, 0.2) is 59.0 Å². The number of benzene rings is 2. The molecule has 16 nitrogen and oxygen atoms in total. The van der Waals surface area contributed by atoms with Gasteiger partial charge in [-0.15, -0.1) is 0 Å². The molecule has 3 aromatic rings. The van der Waals surface area contributed by atoms with Gasteiger partial charge in [0.2, 0.25) is 12.3 Å². The van der Waals surface area contributed by atoms with Crippen molar-refractivity contribution in [2.24, 2.45) is 5.92 Å². The average Bonchev–Trinajstić information content (AvgIpc) is 3.64. The van der Waals surface area contributed by atoms with Gasteiger partial charge in [0.25, 0.3) is 11.8 Å². The zero-order chi connectivity index (χ0) is 39.8. The number of aliphatic carboxylic acids is 2. The molecule has 0 fully saturated rings. The van der Waals surface area contributed by atoms with E-state index in [1.807, 2.05) is 6.92 Å². The first-order valence-electron chi connectivity index (χ1n) is 17.5. The van der Waals surface area contributed by atoms with Crippen molar-refractivity contribution in [3.8, 4) is 17.1 Å². The molecule has 16 heteroatoms. The number of carbonyl (C=O) groups excluding carboxylic acids is 5. The fourth-order valence-electron chi connectivity index (χ4n) is 5.66. The van der Waals surface area contributed by atoms with Gasteiger partial charge < -0.3 is 40.2 Å². The number of hydrogen-bond acceptors (Lipinski definition) is 10. The van der Waals surface area contributed by atoms with Crippen LogP contribution >= 0.6 is 0 Å². The Kier molecular flexibility index (Phi) is 16.2. The smallest absolute Gasteiger partial charge is 0.363 e. The number of hydrogen-bond donors (Lipinski definition) is 5. The van der Waals surface area contributed by atoms with Crippen LogP contribution in [0, 0.1) is 12.8 Å². The molecule has 1 aromatic heterocycles. The highest BCUT2D eigenvalue weighted by Gasteiger charge is 2.34. The number of furan rings is 1. The molecule has 0 radical (unpaired) electrons. The molecule has 4 amide bonds. The van der Waals surface area contributed by atoms with Gasteiger partial charge in [-0.25, -0.2) is 9.59 Å². The Morgan fingerprint density at radius 2 is 1.65 bits per heavy atom. The molecular formula is C38H46N4O12. The fraction of sp³-hybridized carbons (Fsp3) is 0.395. The summed E-state index contributed by atoms with van der Waals surface area (Å²) in [5, 5.41) is 26.6. The van der Waals surface area contributed by atoms with Crippen molar-refractivity contribution in [1.29, 1.82) is 0 Å². The maximum atomic E-state index is 13.5. The van der Waals surface area contributed by atoms with Gasteiger partial charge in [0.1, 0.15) is 17.6 Å². The fourth-order valence-corrected chi connectivity index (χ4v) is 5.66. The summed E-state index contributed by atoms with van der Waals surface area (Å²) in [4.78, 5) is 92.4. The SMILES string of the molecule is CCCCCC(C(=O)NCNC(=O)c1ccc(-c2ccc(C(=O)NC(CC(=O)O)C(=O)O)c(OCC)c2)o1)[C@@H](CC)N(C=O)OC(=O)c1ccccc1C. The lowest BCUT2D eigenvalue weighted by atomic mass is 9.90. The molecule has 0 saturated carbocycles. The molecule has 3 atom stereocenters. The van der Waals surface area contributed by atoms with E-state index in [1.165, 1.54) is 30.3 Å². The summed E-state index contributed by atoms with van der Waals surface area (Å²) in [5.74, 6) is -6.19. The topological polar surface area (TPSA) is 231 Å². The van der Waals surface area contributed by atoms with E-state index in [4.69, 9.17) is 19.1 Å². The first-order chi connectivity index (χ1) is 25.8. The number of aryl methyl sites for hydroxylation is 1. The van der Waals surface area contributed by atoms with Crippen molar-refractivity contribution in [3.05, 3.63) is 77.0 Å². The van der Waals surface area contributed by atoms with E-state index in [0.29, 0.717) is 36.8 Å². The number of carboxylic acid groups (broad SMARTS) is 2. The van der Waals surface area contributed by atoms with Crippen LogP contribution in [0.25, 0.3) is 11.3 Å². The van der Waals surface area contributed by atoms with Crippen molar-refractivity contribution in [1.82, 2.24) is 21.0 Å². The maximum Gasteiger partial charge on any atom is 0.363 e. The first-order valence-corrected chi connectivity index (χ1v) is 17.5. The predicted octanol–water partition coefficient (Wildman–Crippen LogP) is 4.32. The van der Waals surface area contributed by atoms with Crippen LogP contribution in [0.4, 0.5) is 0 Å². The summed E-state index contributed by atoms with van der Waals surface area (Å²) in [6.45, 7) is 7.06. The Labute approximate surface area is 312 Å². The van der Waals surface area contributed by atoms with Crippen LogP contribution < -0.4 is 20.7 Å². The molecule has 5 N–H and O–H groups in total. The second-order valence-corrected chi connectivity index (χ2v) is 12.2. The van der Waals surface area contributed by atoms with E-state index in [-0.39, 0.29) is 41.7 Å².